The van der Waals surface area contributed by atoms with Crippen molar-refractivity contribution in [1.29, 1.82) is 0 Å². The molecule has 0 aliphatic heterocycles. The predicted octanol–water partition coefficient (Wildman–Crippen LogP) is 2.73. The standard InChI is InChI=1S/C18H16ClN5O2/c19-13-3-5-14(6-4-13)21-16(25)11-23-18(26)24(15-7-8-15)17(22-23)12-2-1-9-20-10-12/h1-6,9-10,15H,7-8,11H2,(H,21,25). The molecule has 0 spiro atoms. The van der Waals surface area contributed by atoms with Crippen molar-refractivity contribution < 1.29 is 4.79 Å². The number of amides is 1. The number of rotatable bonds is 5. The van der Waals surface area contributed by atoms with Gasteiger partial charge in [0, 0.05) is 34.7 Å². The van der Waals surface area contributed by atoms with E-state index in [-0.39, 0.29) is 24.2 Å². The lowest BCUT2D eigenvalue weighted by molar-refractivity contribution is -0.117. The molecule has 2 heterocycles. The molecule has 0 bridgehead atoms. The van der Waals surface area contributed by atoms with Gasteiger partial charge in [0.1, 0.15) is 6.54 Å². The van der Waals surface area contributed by atoms with Gasteiger partial charge < -0.3 is 5.32 Å². The molecular formula is C18H16ClN5O2. The van der Waals surface area contributed by atoms with E-state index in [2.05, 4.69) is 15.4 Å². The third-order valence-corrected chi connectivity index (χ3v) is 4.38. The Balaban J connectivity index is 1.60. The van der Waals surface area contributed by atoms with Crippen LogP contribution in [0.25, 0.3) is 11.4 Å². The van der Waals surface area contributed by atoms with Gasteiger partial charge >= 0.3 is 5.69 Å². The number of hydrogen-bond acceptors (Lipinski definition) is 4. The molecule has 2 aromatic heterocycles. The molecule has 1 fully saturated rings. The molecule has 0 unspecified atom stereocenters. The number of carbonyl (C=O) groups excluding carboxylic acids is 1. The summed E-state index contributed by atoms with van der Waals surface area (Å²) in [5, 5.41) is 7.71. The lowest BCUT2D eigenvalue weighted by Gasteiger charge is -2.04. The molecule has 8 heteroatoms. The third kappa shape index (κ3) is 3.39. The SMILES string of the molecule is O=C(Cn1nc(-c2cccnc2)n(C2CC2)c1=O)Nc1ccc(Cl)cc1. The molecular weight excluding hydrogens is 354 g/mol. The third-order valence-electron chi connectivity index (χ3n) is 4.12. The molecule has 3 aromatic rings. The van der Waals surface area contributed by atoms with Gasteiger partial charge in [-0.3, -0.25) is 14.3 Å². The second-order valence-electron chi connectivity index (χ2n) is 6.16. The van der Waals surface area contributed by atoms with E-state index in [0.717, 1.165) is 18.4 Å². The highest BCUT2D eigenvalue weighted by Gasteiger charge is 2.30. The number of carbonyl (C=O) groups is 1. The van der Waals surface area contributed by atoms with Crippen LogP contribution in [0.5, 0.6) is 0 Å². The zero-order valence-electron chi connectivity index (χ0n) is 13.8. The van der Waals surface area contributed by atoms with Gasteiger partial charge in [-0.1, -0.05) is 11.6 Å². The molecule has 0 atom stereocenters. The molecule has 4 rings (SSSR count). The molecule has 1 aliphatic carbocycles. The largest absolute Gasteiger partial charge is 0.346 e. The normalized spacial score (nSPS) is 13.6. The van der Waals surface area contributed by atoms with Crippen LogP contribution in [0.15, 0.2) is 53.6 Å². The zero-order chi connectivity index (χ0) is 18.1. The first-order valence-corrected chi connectivity index (χ1v) is 8.65. The fourth-order valence-corrected chi connectivity index (χ4v) is 2.87. The average molecular weight is 370 g/mol. The molecule has 132 valence electrons. The van der Waals surface area contributed by atoms with Crippen molar-refractivity contribution in [2.45, 2.75) is 25.4 Å². The lowest BCUT2D eigenvalue weighted by Crippen LogP contribution is -2.30. The van der Waals surface area contributed by atoms with Gasteiger partial charge in [-0.2, -0.15) is 0 Å². The van der Waals surface area contributed by atoms with Gasteiger partial charge in [-0.15, -0.1) is 5.10 Å². The number of halogens is 1. The fourth-order valence-electron chi connectivity index (χ4n) is 2.75. The summed E-state index contributed by atoms with van der Waals surface area (Å²) in [5.41, 5.74) is 1.09. The summed E-state index contributed by atoms with van der Waals surface area (Å²) in [7, 11) is 0. The first-order valence-electron chi connectivity index (χ1n) is 8.27. The molecule has 1 aliphatic rings. The van der Waals surface area contributed by atoms with Gasteiger partial charge in [0.15, 0.2) is 5.82 Å². The maximum atomic E-state index is 12.7. The van der Waals surface area contributed by atoms with Crippen LogP contribution >= 0.6 is 11.6 Å². The molecule has 1 aromatic carbocycles. The highest BCUT2D eigenvalue weighted by molar-refractivity contribution is 6.30. The Hall–Kier alpha value is -2.93. The van der Waals surface area contributed by atoms with Crippen molar-refractivity contribution in [3.05, 3.63) is 64.3 Å². The van der Waals surface area contributed by atoms with Crippen LogP contribution in [0.4, 0.5) is 5.69 Å². The second kappa shape index (κ2) is 6.76. The van der Waals surface area contributed by atoms with Crippen LogP contribution in [-0.2, 0) is 11.3 Å². The summed E-state index contributed by atoms with van der Waals surface area (Å²) in [6, 6.07) is 10.6. The quantitative estimate of drug-likeness (QED) is 0.749. The van der Waals surface area contributed by atoms with E-state index in [1.54, 1.807) is 47.3 Å². The van der Waals surface area contributed by atoms with E-state index in [0.29, 0.717) is 16.5 Å². The molecule has 1 amide bonds. The van der Waals surface area contributed by atoms with Crippen LogP contribution in [0.1, 0.15) is 18.9 Å². The van der Waals surface area contributed by atoms with Gasteiger partial charge in [0.2, 0.25) is 5.91 Å². The van der Waals surface area contributed by atoms with Crippen molar-refractivity contribution >= 4 is 23.2 Å². The van der Waals surface area contributed by atoms with E-state index < -0.39 is 0 Å². The van der Waals surface area contributed by atoms with Crippen LogP contribution in [0, 0.1) is 0 Å². The minimum absolute atomic E-state index is 0.144. The summed E-state index contributed by atoms with van der Waals surface area (Å²) in [4.78, 5) is 29.1. The van der Waals surface area contributed by atoms with E-state index in [1.807, 2.05) is 6.07 Å². The molecule has 0 radical (unpaired) electrons. The number of anilines is 1. The number of hydrogen-bond donors (Lipinski definition) is 1. The zero-order valence-corrected chi connectivity index (χ0v) is 14.6. The molecule has 26 heavy (non-hydrogen) atoms. The summed E-state index contributed by atoms with van der Waals surface area (Å²) in [5.74, 6) is 0.220. The second-order valence-corrected chi connectivity index (χ2v) is 6.60. The maximum absolute atomic E-state index is 12.7. The topological polar surface area (TPSA) is 81.8 Å². The van der Waals surface area contributed by atoms with E-state index in [4.69, 9.17) is 11.6 Å². The highest BCUT2D eigenvalue weighted by Crippen LogP contribution is 2.36. The number of pyridine rings is 1. The van der Waals surface area contributed by atoms with Crippen molar-refractivity contribution in [3.8, 4) is 11.4 Å². The average Bonchev–Trinajstić information content (AvgIpc) is 3.43. The monoisotopic (exact) mass is 369 g/mol. The fraction of sp³-hybridized carbons (Fsp3) is 0.222. The number of nitrogens with zero attached hydrogens (tertiary/aromatic N) is 4. The molecule has 0 saturated heterocycles. The Bertz CT molecular complexity index is 991. The predicted molar refractivity (Wildman–Crippen MR) is 98.1 cm³/mol. The Labute approximate surface area is 154 Å². The molecule has 7 nitrogen and oxygen atoms in total. The van der Waals surface area contributed by atoms with Crippen LogP contribution in [0.3, 0.4) is 0 Å². The maximum Gasteiger partial charge on any atom is 0.346 e. The summed E-state index contributed by atoms with van der Waals surface area (Å²) in [6.45, 7) is -0.158. The van der Waals surface area contributed by atoms with Gasteiger partial charge in [-0.25, -0.2) is 9.48 Å². The van der Waals surface area contributed by atoms with Gasteiger partial charge in [0.25, 0.3) is 0 Å². The van der Waals surface area contributed by atoms with Gasteiger partial charge in [-0.05, 0) is 49.2 Å². The van der Waals surface area contributed by atoms with E-state index in [1.165, 1.54) is 4.68 Å². The lowest BCUT2D eigenvalue weighted by atomic mass is 10.3. The summed E-state index contributed by atoms with van der Waals surface area (Å²) < 4.78 is 2.86. The van der Waals surface area contributed by atoms with Crippen molar-refractivity contribution in [3.63, 3.8) is 0 Å². The van der Waals surface area contributed by atoms with Crippen LogP contribution in [0.2, 0.25) is 5.02 Å². The van der Waals surface area contributed by atoms with E-state index >= 15 is 0 Å². The molecule has 1 N–H and O–H groups in total. The first-order chi connectivity index (χ1) is 12.6. The van der Waals surface area contributed by atoms with E-state index in [9.17, 15) is 9.59 Å². The summed E-state index contributed by atoms with van der Waals surface area (Å²) >= 11 is 5.84. The number of nitrogens with one attached hydrogen (secondary N) is 1. The summed E-state index contributed by atoms with van der Waals surface area (Å²) in [6.07, 6.45) is 5.21. The Kier molecular flexibility index (Phi) is 4.30. The number of aromatic nitrogens is 4. The van der Waals surface area contributed by atoms with Crippen molar-refractivity contribution in [2.24, 2.45) is 0 Å². The Morgan fingerprint density at radius 3 is 2.65 bits per heavy atom. The first kappa shape index (κ1) is 16.5. The number of benzene rings is 1. The van der Waals surface area contributed by atoms with Crippen LogP contribution < -0.4 is 11.0 Å². The van der Waals surface area contributed by atoms with Crippen molar-refractivity contribution in [2.75, 3.05) is 5.32 Å². The van der Waals surface area contributed by atoms with Crippen LogP contribution in [-0.4, -0.2) is 25.2 Å². The minimum Gasteiger partial charge on any atom is -0.324 e. The highest BCUT2D eigenvalue weighted by atomic mass is 35.5. The smallest absolute Gasteiger partial charge is 0.324 e. The van der Waals surface area contributed by atoms with Crippen molar-refractivity contribution in [1.82, 2.24) is 19.3 Å². The van der Waals surface area contributed by atoms with Gasteiger partial charge in [0.05, 0.1) is 0 Å². The Morgan fingerprint density at radius 2 is 2.00 bits per heavy atom. The Morgan fingerprint density at radius 1 is 1.23 bits per heavy atom. The molecule has 1 saturated carbocycles. The minimum atomic E-state index is -0.326.